The first-order chi connectivity index (χ1) is 8.20. The molecule has 1 saturated heterocycles. The van der Waals surface area contributed by atoms with Crippen LogP contribution in [0, 0.1) is 11.8 Å². The van der Waals surface area contributed by atoms with E-state index in [1.165, 1.54) is 5.56 Å². The molecule has 2 N–H and O–H groups in total. The Morgan fingerprint density at radius 1 is 1.29 bits per heavy atom. The molecule has 1 aliphatic rings. The Morgan fingerprint density at radius 2 is 2.00 bits per heavy atom. The minimum absolute atomic E-state index is 0.168. The molecule has 0 spiro atoms. The summed E-state index contributed by atoms with van der Waals surface area (Å²) in [6.45, 7) is 4.64. The average molecular weight is 235 g/mol. The van der Waals surface area contributed by atoms with Crippen molar-refractivity contribution in [1.29, 1.82) is 0 Å². The Balaban J connectivity index is 1.96. The minimum atomic E-state index is -0.340. The molecule has 3 atom stereocenters. The number of nitrogens with zero attached hydrogens (tertiary/aromatic N) is 1. The summed E-state index contributed by atoms with van der Waals surface area (Å²) in [5.41, 5.74) is 1.29. The maximum atomic E-state index is 9.70. The second-order valence-electron chi connectivity index (χ2n) is 5.03. The lowest BCUT2D eigenvalue weighted by atomic mass is 9.92. The van der Waals surface area contributed by atoms with Gasteiger partial charge in [0.2, 0.25) is 0 Å². The summed E-state index contributed by atoms with van der Waals surface area (Å²) in [4.78, 5) is 2.31. The van der Waals surface area contributed by atoms with Crippen LogP contribution in [0.5, 0.6) is 0 Å². The molecule has 0 aromatic heterocycles. The molecule has 1 fully saturated rings. The van der Waals surface area contributed by atoms with Crippen molar-refractivity contribution in [3.8, 4) is 0 Å². The van der Waals surface area contributed by atoms with Crippen LogP contribution in [0.1, 0.15) is 12.5 Å². The largest absolute Gasteiger partial charge is 0.396 e. The molecule has 1 aromatic rings. The van der Waals surface area contributed by atoms with Crippen molar-refractivity contribution >= 4 is 0 Å². The predicted molar refractivity (Wildman–Crippen MR) is 67.5 cm³/mol. The Kier molecular flexibility index (Phi) is 4.15. The van der Waals surface area contributed by atoms with E-state index < -0.39 is 0 Å². The van der Waals surface area contributed by atoms with E-state index >= 15 is 0 Å². The van der Waals surface area contributed by atoms with Gasteiger partial charge in [0.25, 0.3) is 0 Å². The maximum absolute atomic E-state index is 9.70. The molecule has 3 nitrogen and oxygen atoms in total. The third kappa shape index (κ3) is 3.06. The number of hydrogen-bond acceptors (Lipinski definition) is 3. The van der Waals surface area contributed by atoms with E-state index in [1.54, 1.807) is 0 Å². The van der Waals surface area contributed by atoms with Crippen molar-refractivity contribution < 1.29 is 10.2 Å². The zero-order valence-electron chi connectivity index (χ0n) is 10.3. The lowest BCUT2D eigenvalue weighted by Gasteiger charge is -2.18. The molecule has 3 unspecified atom stereocenters. The van der Waals surface area contributed by atoms with Crippen molar-refractivity contribution in [2.75, 3.05) is 19.7 Å². The summed E-state index contributed by atoms with van der Waals surface area (Å²) in [5, 5.41) is 19.0. The van der Waals surface area contributed by atoms with Gasteiger partial charge in [-0.2, -0.15) is 0 Å². The Hall–Kier alpha value is -0.900. The maximum Gasteiger partial charge on any atom is 0.0556 e. The fourth-order valence-corrected chi connectivity index (χ4v) is 2.70. The number of likely N-dealkylation sites (tertiary alicyclic amines) is 1. The summed E-state index contributed by atoms with van der Waals surface area (Å²) in [6.07, 6.45) is -0.340. The summed E-state index contributed by atoms with van der Waals surface area (Å²) in [5.74, 6) is 0.405. The molecule has 0 amide bonds. The molecule has 1 aliphatic heterocycles. The zero-order chi connectivity index (χ0) is 12.3. The molecule has 2 rings (SSSR count). The van der Waals surface area contributed by atoms with E-state index in [9.17, 15) is 10.2 Å². The third-order valence-electron chi connectivity index (χ3n) is 3.67. The molecule has 0 saturated carbocycles. The Labute approximate surface area is 103 Å². The fraction of sp³-hybridized carbons (Fsp3) is 0.571. The smallest absolute Gasteiger partial charge is 0.0556 e. The lowest BCUT2D eigenvalue weighted by molar-refractivity contribution is 0.0858. The van der Waals surface area contributed by atoms with E-state index in [4.69, 9.17) is 0 Å². The van der Waals surface area contributed by atoms with E-state index in [-0.39, 0.29) is 24.5 Å². The van der Waals surface area contributed by atoms with Crippen molar-refractivity contribution in [2.45, 2.75) is 19.6 Å². The van der Waals surface area contributed by atoms with Gasteiger partial charge in [0.05, 0.1) is 6.10 Å². The van der Waals surface area contributed by atoms with Crippen LogP contribution in [-0.4, -0.2) is 40.9 Å². The van der Waals surface area contributed by atoms with Gasteiger partial charge in [-0.15, -0.1) is 0 Å². The second kappa shape index (κ2) is 5.63. The fourth-order valence-electron chi connectivity index (χ4n) is 2.70. The minimum Gasteiger partial charge on any atom is -0.396 e. The van der Waals surface area contributed by atoms with Crippen LogP contribution >= 0.6 is 0 Å². The van der Waals surface area contributed by atoms with Gasteiger partial charge in [-0.3, -0.25) is 4.90 Å². The normalized spacial score (nSPS) is 27.2. The predicted octanol–water partition coefficient (Wildman–Crippen LogP) is 1.11. The van der Waals surface area contributed by atoms with Gasteiger partial charge in [-0.05, 0) is 12.5 Å². The highest BCUT2D eigenvalue weighted by atomic mass is 16.3. The third-order valence-corrected chi connectivity index (χ3v) is 3.67. The standard InChI is InChI=1S/C14H21NO2/c1-11(17)14-9-15(8-13(14)10-16)7-12-5-3-2-4-6-12/h2-6,11,13-14,16-17H,7-10H2,1H3. The van der Waals surface area contributed by atoms with Crippen LogP contribution in [0.2, 0.25) is 0 Å². The molecule has 17 heavy (non-hydrogen) atoms. The van der Waals surface area contributed by atoms with Gasteiger partial charge in [-0.25, -0.2) is 0 Å². The number of rotatable bonds is 4. The monoisotopic (exact) mass is 235 g/mol. The van der Waals surface area contributed by atoms with Crippen molar-refractivity contribution in [3.63, 3.8) is 0 Å². The van der Waals surface area contributed by atoms with Crippen molar-refractivity contribution in [2.24, 2.45) is 11.8 Å². The summed E-state index contributed by atoms with van der Waals surface area (Å²) in [6, 6.07) is 10.3. The van der Waals surface area contributed by atoms with E-state index in [2.05, 4.69) is 17.0 Å². The first kappa shape index (κ1) is 12.6. The Bertz CT molecular complexity index is 339. The molecule has 1 aromatic carbocycles. The van der Waals surface area contributed by atoms with E-state index in [0.29, 0.717) is 0 Å². The van der Waals surface area contributed by atoms with Gasteiger partial charge in [0.1, 0.15) is 0 Å². The van der Waals surface area contributed by atoms with Gasteiger partial charge >= 0.3 is 0 Å². The SMILES string of the molecule is CC(O)C1CN(Cc2ccccc2)CC1CO. The number of hydrogen-bond donors (Lipinski definition) is 2. The van der Waals surface area contributed by atoms with Crippen LogP contribution in [0.4, 0.5) is 0 Å². The van der Waals surface area contributed by atoms with Crippen LogP contribution in [0.25, 0.3) is 0 Å². The molecule has 3 heteroatoms. The highest BCUT2D eigenvalue weighted by molar-refractivity contribution is 5.14. The molecular weight excluding hydrogens is 214 g/mol. The van der Waals surface area contributed by atoms with Crippen LogP contribution < -0.4 is 0 Å². The Morgan fingerprint density at radius 3 is 2.53 bits per heavy atom. The zero-order valence-corrected chi connectivity index (χ0v) is 10.3. The van der Waals surface area contributed by atoms with Crippen molar-refractivity contribution in [3.05, 3.63) is 35.9 Å². The summed E-state index contributed by atoms with van der Waals surface area (Å²) >= 11 is 0. The number of aliphatic hydroxyl groups is 2. The van der Waals surface area contributed by atoms with E-state index in [0.717, 1.165) is 19.6 Å². The average Bonchev–Trinajstić information content (AvgIpc) is 2.73. The van der Waals surface area contributed by atoms with Crippen LogP contribution in [-0.2, 0) is 6.54 Å². The van der Waals surface area contributed by atoms with Crippen molar-refractivity contribution in [1.82, 2.24) is 4.90 Å². The molecule has 0 radical (unpaired) electrons. The molecule has 94 valence electrons. The summed E-state index contributed by atoms with van der Waals surface area (Å²) < 4.78 is 0. The lowest BCUT2D eigenvalue weighted by Crippen LogP contribution is -2.26. The van der Waals surface area contributed by atoms with Gasteiger partial charge < -0.3 is 10.2 Å². The summed E-state index contributed by atoms with van der Waals surface area (Å²) in [7, 11) is 0. The first-order valence-electron chi connectivity index (χ1n) is 6.26. The second-order valence-corrected chi connectivity index (χ2v) is 5.03. The van der Waals surface area contributed by atoms with Gasteiger partial charge in [0.15, 0.2) is 0 Å². The topological polar surface area (TPSA) is 43.7 Å². The number of aliphatic hydroxyl groups excluding tert-OH is 2. The molecule has 0 bridgehead atoms. The van der Waals surface area contributed by atoms with Gasteiger partial charge in [-0.1, -0.05) is 30.3 Å². The molecule has 1 heterocycles. The van der Waals surface area contributed by atoms with E-state index in [1.807, 2.05) is 25.1 Å². The highest BCUT2D eigenvalue weighted by Gasteiger charge is 2.34. The van der Waals surface area contributed by atoms with Gasteiger partial charge in [0, 0.05) is 38.1 Å². The van der Waals surface area contributed by atoms with Crippen LogP contribution in [0.15, 0.2) is 30.3 Å². The molecular formula is C14H21NO2. The first-order valence-corrected chi connectivity index (χ1v) is 6.26. The number of benzene rings is 1. The van der Waals surface area contributed by atoms with Crippen LogP contribution in [0.3, 0.4) is 0 Å². The molecule has 0 aliphatic carbocycles. The quantitative estimate of drug-likeness (QED) is 0.821. The highest BCUT2D eigenvalue weighted by Crippen LogP contribution is 2.27.